The van der Waals surface area contributed by atoms with Crippen LogP contribution in [0.4, 0.5) is 29.2 Å². The van der Waals surface area contributed by atoms with Crippen LogP contribution in [0, 0.1) is 0 Å². The highest BCUT2D eigenvalue weighted by molar-refractivity contribution is 5.94. The van der Waals surface area contributed by atoms with E-state index in [1.165, 1.54) is 0 Å². The van der Waals surface area contributed by atoms with Crippen LogP contribution in [0.5, 0.6) is 0 Å². The fourth-order valence-corrected chi connectivity index (χ4v) is 4.72. The van der Waals surface area contributed by atoms with Crippen molar-refractivity contribution in [2.45, 2.75) is 13.0 Å². The molecule has 5 N–H and O–H groups in total. The predicted octanol–water partition coefficient (Wildman–Crippen LogP) is 4.91. The Labute approximate surface area is 296 Å². The summed E-state index contributed by atoms with van der Waals surface area (Å²) in [4.78, 5) is 49.2. The highest BCUT2D eigenvalue weighted by atomic mass is 16.5. The molecule has 0 aliphatic rings. The van der Waals surface area contributed by atoms with Gasteiger partial charge in [0.2, 0.25) is 17.8 Å². The molecule has 0 aliphatic carbocycles. The van der Waals surface area contributed by atoms with E-state index in [9.17, 15) is 14.4 Å². The molecule has 0 fully saturated rings. The topological polar surface area (TPSA) is 168 Å². The number of carbonyl (C=O) groups excluding carboxylic acids is 3. The molecule has 0 atom stereocenters. The summed E-state index contributed by atoms with van der Waals surface area (Å²) in [5.74, 6) is 0.578. The van der Waals surface area contributed by atoms with Crippen LogP contribution in [0.15, 0.2) is 109 Å². The first kappa shape index (κ1) is 36.1. The average Bonchev–Trinajstić information content (AvgIpc) is 3.16. The minimum absolute atomic E-state index is 0.138. The van der Waals surface area contributed by atoms with E-state index in [0.717, 1.165) is 23.1 Å². The molecule has 5 aromatic rings. The van der Waals surface area contributed by atoms with Crippen molar-refractivity contribution < 1.29 is 23.9 Å². The summed E-state index contributed by atoms with van der Waals surface area (Å²) < 4.78 is 11.2. The van der Waals surface area contributed by atoms with Gasteiger partial charge in [-0.15, -0.1) is 0 Å². The Hall–Kier alpha value is -6.18. The number of rotatable bonds is 20. The number of amides is 2. The van der Waals surface area contributed by atoms with Crippen molar-refractivity contribution in [3.63, 3.8) is 0 Å². The van der Waals surface area contributed by atoms with Crippen molar-refractivity contribution in [1.82, 2.24) is 25.6 Å². The zero-order valence-electron chi connectivity index (χ0n) is 28.0. The summed E-state index contributed by atoms with van der Waals surface area (Å²) in [6, 6.07) is 33.2. The number of hydrogen-bond acceptors (Lipinski definition) is 11. The molecule has 262 valence electrons. The van der Waals surface area contributed by atoms with Crippen molar-refractivity contribution in [2.24, 2.45) is 0 Å². The van der Waals surface area contributed by atoms with E-state index in [2.05, 4.69) is 41.5 Å². The highest BCUT2D eigenvalue weighted by Gasteiger charge is 2.10. The summed E-state index contributed by atoms with van der Waals surface area (Å²) in [5.41, 5.74) is 4.46. The number of ether oxygens (including phenoxy) is 2. The molecule has 0 radical (unpaired) electrons. The SMILES string of the molecule is O=CCc1ccc(Nc2nc(NCCOCCOCCNC(=O)c3ccccc3)nc(Nc3ccc(C(=O)NCc4ccccc4)cc3)n2)cc1. The zero-order chi connectivity index (χ0) is 35.5. The van der Waals surface area contributed by atoms with Crippen molar-refractivity contribution in [1.29, 1.82) is 0 Å². The molecular weight excluding hydrogens is 648 g/mol. The third-order valence-electron chi connectivity index (χ3n) is 7.33. The first-order valence-corrected chi connectivity index (χ1v) is 16.5. The molecule has 0 saturated carbocycles. The number of aldehydes is 1. The Morgan fingerprint density at radius 3 is 1.71 bits per heavy atom. The van der Waals surface area contributed by atoms with Gasteiger partial charge in [-0.3, -0.25) is 9.59 Å². The maximum absolute atomic E-state index is 12.7. The molecular formula is C38H40N8O5. The lowest BCUT2D eigenvalue weighted by atomic mass is 10.1. The van der Waals surface area contributed by atoms with Crippen molar-refractivity contribution in [3.05, 3.63) is 131 Å². The molecule has 0 spiro atoms. The fourth-order valence-electron chi connectivity index (χ4n) is 4.72. The number of hydrogen-bond donors (Lipinski definition) is 5. The van der Waals surface area contributed by atoms with Crippen LogP contribution in [0.3, 0.4) is 0 Å². The van der Waals surface area contributed by atoms with E-state index in [-0.39, 0.29) is 17.8 Å². The number of carbonyl (C=O) groups is 3. The van der Waals surface area contributed by atoms with Crippen LogP contribution in [0.2, 0.25) is 0 Å². The summed E-state index contributed by atoms with van der Waals surface area (Å²) >= 11 is 0. The Bertz CT molecular complexity index is 1830. The lowest BCUT2D eigenvalue weighted by Gasteiger charge is -2.12. The molecule has 51 heavy (non-hydrogen) atoms. The predicted molar refractivity (Wildman–Crippen MR) is 196 cm³/mol. The van der Waals surface area contributed by atoms with Crippen LogP contribution in [0.25, 0.3) is 0 Å². The van der Waals surface area contributed by atoms with Crippen LogP contribution >= 0.6 is 0 Å². The van der Waals surface area contributed by atoms with Gasteiger partial charge in [0.05, 0.1) is 26.4 Å². The summed E-state index contributed by atoms with van der Waals surface area (Å²) in [5, 5.41) is 15.3. The van der Waals surface area contributed by atoms with Gasteiger partial charge < -0.3 is 40.9 Å². The van der Waals surface area contributed by atoms with Crippen LogP contribution in [0.1, 0.15) is 31.8 Å². The molecule has 1 aromatic heterocycles. The first-order chi connectivity index (χ1) is 25.1. The number of nitrogens with zero attached hydrogens (tertiary/aromatic N) is 3. The summed E-state index contributed by atoms with van der Waals surface area (Å²) in [6.45, 7) is 2.77. The van der Waals surface area contributed by atoms with Gasteiger partial charge in [0.15, 0.2) is 0 Å². The van der Waals surface area contributed by atoms with E-state index >= 15 is 0 Å². The van der Waals surface area contributed by atoms with Crippen LogP contribution in [-0.4, -0.2) is 72.6 Å². The zero-order valence-corrected chi connectivity index (χ0v) is 28.0. The third kappa shape index (κ3) is 12.3. The van der Waals surface area contributed by atoms with Crippen molar-refractivity contribution >= 4 is 47.3 Å². The fraction of sp³-hybridized carbons (Fsp3) is 0.211. The molecule has 0 saturated heterocycles. The second kappa shape index (κ2) is 19.7. The minimum Gasteiger partial charge on any atom is -0.377 e. The van der Waals surface area contributed by atoms with E-state index in [1.807, 2.05) is 72.8 Å². The van der Waals surface area contributed by atoms with Gasteiger partial charge in [0.1, 0.15) is 6.29 Å². The largest absolute Gasteiger partial charge is 0.377 e. The lowest BCUT2D eigenvalue weighted by molar-refractivity contribution is -0.107. The molecule has 0 bridgehead atoms. The van der Waals surface area contributed by atoms with Gasteiger partial charge in [0.25, 0.3) is 11.8 Å². The van der Waals surface area contributed by atoms with Gasteiger partial charge in [-0.05, 0) is 59.7 Å². The van der Waals surface area contributed by atoms with Gasteiger partial charge in [-0.2, -0.15) is 15.0 Å². The smallest absolute Gasteiger partial charge is 0.251 e. The molecule has 5 rings (SSSR count). The van der Waals surface area contributed by atoms with E-state index in [1.54, 1.807) is 36.4 Å². The van der Waals surface area contributed by atoms with Gasteiger partial charge in [-0.1, -0.05) is 60.7 Å². The van der Waals surface area contributed by atoms with Gasteiger partial charge in [0, 0.05) is 48.6 Å². The monoisotopic (exact) mass is 688 g/mol. The van der Waals surface area contributed by atoms with Crippen molar-refractivity contribution in [3.8, 4) is 0 Å². The van der Waals surface area contributed by atoms with Crippen LogP contribution < -0.4 is 26.6 Å². The molecule has 13 heteroatoms. The second-order valence-electron chi connectivity index (χ2n) is 11.1. The number of nitrogens with one attached hydrogen (secondary N) is 5. The quantitative estimate of drug-likeness (QED) is 0.0557. The highest BCUT2D eigenvalue weighted by Crippen LogP contribution is 2.20. The maximum Gasteiger partial charge on any atom is 0.251 e. The van der Waals surface area contributed by atoms with E-state index in [0.29, 0.717) is 81.2 Å². The summed E-state index contributed by atoms with van der Waals surface area (Å²) in [7, 11) is 0. The molecule has 0 aliphatic heterocycles. The normalized spacial score (nSPS) is 10.6. The Morgan fingerprint density at radius 1 is 0.549 bits per heavy atom. The average molecular weight is 689 g/mol. The molecule has 2 amide bonds. The summed E-state index contributed by atoms with van der Waals surface area (Å²) in [6.07, 6.45) is 1.20. The number of aromatic nitrogens is 3. The van der Waals surface area contributed by atoms with Crippen molar-refractivity contribution in [2.75, 3.05) is 55.5 Å². The minimum atomic E-state index is -0.177. The number of anilines is 5. The van der Waals surface area contributed by atoms with E-state index < -0.39 is 0 Å². The molecule has 13 nitrogen and oxygen atoms in total. The molecule has 1 heterocycles. The first-order valence-electron chi connectivity index (χ1n) is 16.5. The molecule has 0 unspecified atom stereocenters. The lowest BCUT2D eigenvalue weighted by Crippen LogP contribution is -2.27. The standard InChI is InChI=1S/C38H40N8O5/c47-22-19-28-11-15-32(16-12-28)42-37-44-36(40-21-24-51-26-25-50-23-20-39-34(48)30-9-5-2-6-10-30)45-38(46-37)43-33-17-13-31(14-18-33)35(49)41-27-29-7-3-1-4-8-29/h1-18,22H,19-21,23-27H2,(H,39,48)(H,41,49)(H3,40,42,43,44,45,46). The van der Waals surface area contributed by atoms with Crippen LogP contribution in [-0.2, 0) is 27.2 Å². The molecule has 4 aromatic carbocycles. The Kier molecular flexibility index (Phi) is 14.0. The second-order valence-corrected chi connectivity index (χ2v) is 11.1. The van der Waals surface area contributed by atoms with E-state index in [4.69, 9.17) is 9.47 Å². The number of benzene rings is 4. The third-order valence-corrected chi connectivity index (χ3v) is 7.33. The maximum atomic E-state index is 12.7. The Balaban J connectivity index is 1.11. The Morgan fingerprint density at radius 2 is 1.08 bits per heavy atom. The van der Waals surface area contributed by atoms with Gasteiger partial charge >= 0.3 is 0 Å². The van der Waals surface area contributed by atoms with Gasteiger partial charge in [-0.25, -0.2) is 0 Å².